The molecule has 0 saturated carbocycles. The summed E-state index contributed by atoms with van der Waals surface area (Å²) in [5, 5.41) is 5.32. The molecule has 2 atom stereocenters. The molecule has 0 aliphatic heterocycles. The Hall–Kier alpha value is -3.54. The lowest BCUT2D eigenvalue weighted by atomic mass is 9.78. The van der Waals surface area contributed by atoms with Crippen molar-refractivity contribution >= 4 is 11.8 Å². The van der Waals surface area contributed by atoms with Crippen LogP contribution in [-0.4, -0.2) is 24.3 Å². The van der Waals surface area contributed by atoms with Gasteiger partial charge in [0.1, 0.15) is 11.5 Å². The average molecular weight is 423 g/mol. The lowest BCUT2D eigenvalue weighted by Crippen LogP contribution is -2.35. The zero-order valence-corrected chi connectivity index (χ0v) is 18.5. The third kappa shape index (κ3) is 6.74. The van der Waals surface area contributed by atoms with Gasteiger partial charge >= 0.3 is 0 Å². The maximum Gasteiger partial charge on any atom is 0.246 e. The van der Waals surface area contributed by atoms with Crippen molar-refractivity contribution in [3.8, 4) is 11.5 Å². The highest BCUT2D eigenvalue weighted by Crippen LogP contribution is 2.33. The van der Waals surface area contributed by atoms with Crippen LogP contribution in [-0.2, 0) is 15.0 Å². The van der Waals surface area contributed by atoms with Gasteiger partial charge in [0.15, 0.2) is 12.5 Å². The van der Waals surface area contributed by atoms with Crippen molar-refractivity contribution in [1.29, 1.82) is 0 Å². The molecule has 0 bridgehead atoms. The minimum Gasteiger partial charge on any atom is -0.471 e. The van der Waals surface area contributed by atoms with Crippen molar-refractivity contribution in [2.75, 3.05) is 0 Å². The average Bonchev–Trinajstić information content (AvgIpc) is 2.74. The maximum atomic E-state index is 11.4. The van der Waals surface area contributed by atoms with E-state index >= 15 is 0 Å². The molecule has 2 amide bonds. The molecule has 2 aromatic rings. The highest BCUT2D eigenvalue weighted by molar-refractivity contribution is 5.87. The molecule has 0 saturated heterocycles. The molecular weight excluding hydrogens is 392 g/mol. The summed E-state index contributed by atoms with van der Waals surface area (Å²) >= 11 is 0. The second-order valence-corrected chi connectivity index (χ2v) is 7.62. The number of hydrogen-bond donors (Lipinski definition) is 2. The molecule has 0 fully saturated rings. The fraction of sp³-hybridized carbons (Fsp3) is 0.280. The Morgan fingerprint density at radius 3 is 1.39 bits per heavy atom. The number of carbonyl (C=O) groups is 2. The predicted octanol–water partition coefficient (Wildman–Crippen LogP) is 4.07. The summed E-state index contributed by atoms with van der Waals surface area (Å²) in [5.41, 5.74) is 1.98. The fourth-order valence-corrected chi connectivity index (χ4v) is 3.05. The molecule has 0 spiro atoms. The Kier molecular flexibility index (Phi) is 8.02. The van der Waals surface area contributed by atoms with Crippen LogP contribution in [0.1, 0.15) is 38.8 Å². The van der Waals surface area contributed by atoms with E-state index in [9.17, 15) is 9.59 Å². The van der Waals surface area contributed by atoms with Gasteiger partial charge in [0.2, 0.25) is 11.8 Å². The molecule has 0 heterocycles. The number of ether oxygens (including phenoxy) is 2. The van der Waals surface area contributed by atoms with Crippen LogP contribution >= 0.6 is 0 Å². The molecule has 2 N–H and O–H groups in total. The van der Waals surface area contributed by atoms with E-state index in [2.05, 4.69) is 37.6 Å². The van der Waals surface area contributed by atoms with Gasteiger partial charge in [0.05, 0.1) is 0 Å². The van der Waals surface area contributed by atoms with Crippen LogP contribution in [0.5, 0.6) is 11.5 Å². The van der Waals surface area contributed by atoms with Crippen LogP contribution in [0.4, 0.5) is 0 Å². The molecule has 0 aromatic heterocycles. The van der Waals surface area contributed by atoms with E-state index in [-0.39, 0.29) is 17.2 Å². The summed E-state index contributed by atoms with van der Waals surface area (Å²) in [6.45, 7) is 14.6. The van der Waals surface area contributed by atoms with Crippen LogP contribution in [0.2, 0.25) is 0 Å². The van der Waals surface area contributed by atoms with E-state index in [0.717, 1.165) is 11.1 Å². The van der Waals surface area contributed by atoms with Gasteiger partial charge < -0.3 is 20.1 Å². The number of rotatable bonds is 10. The zero-order valence-electron chi connectivity index (χ0n) is 18.5. The molecule has 2 unspecified atom stereocenters. The predicted molar refractivity (Wildman–Crippen MR) is 122 cm³/mol. The molecule has 2 aromatic carbocycles. The SMILES string of the molecule is C=CC(=O)NC(C)Oc1ccc(C(C)(C)c2ccc(OC(C)NC(=O)C=C)cc2)cc1. The lowest BCUT2D eigenvalue weighted by molar-refractivity contribution is -0.119. The first-order valence-electron chi connectivity index (χ1n) is 10.1. The quantitative estimate of drug-likeness (QED) is 0.447. The van der Waals surface area contributed by atoms with E-state index in [1.807, 2.05) is 48.5 Å². The summed E-state index contributed by atoms with van der Waals surface area (Å²) in [5.74, 6) is 0.761. The van der Waals surface area contributed by atoms with Crippen LogP contribution < -0.4 is 20.1 Å². The van der Waals surface area contributed by atoms with Crippen molar-refractivity contribution < 1.29 is 19.1 Å². The second-order valence-electron chi connectivity index (χ2n) is 7.62. The normalized spacial score (nSPS) is 12.8. The Labute approximate surface area is 184 Å². The fourth-order valence-electron chi connectivity index (χ4n) is 3.05. The van der Waals surface area contributed by atoms with Gasteiger partial charge in [-0.3, -0.25) is 9.59 Å². The van der Waals surface area contributed by atoms with Gasteiger partial charge in [-0.15, -0.1) is 0 Å². The van der Waals surface area contributed by atoms with Gasteiger partial charge in [0, 0.05) is 5.41 Å². The summed E-state index contributed by atoms with van der Waals surface area (Å²) < 4.78 is 11.4. The van der Waals surface area contributed by atoms with E-state index in [1.54, 1.807) is 13.8 Å². The molecule has 31 heavy (non-hydrogen) atoms. The summed E-state index contributed by atoms with van der Waals surface area (Å²) in [7, 11) is 0. The van der Waals surface area contributed by atoms with Gasteiger partial charge in [0.25, 0.3) is 0 Å². The molecule has 2 rings (SSSR count). The molecule has 164 valence electrons. The largest absolute Gasteiger partial charge is 0.471 e. The van der Waals surface area contributed by atoms with Gasteiger partial charge in [-0.2, -0.15) is 0 Å². The highest BCUT2D eigenvalue weighted by Gasteiger charge is 2.23. The maximum absolute atomic E-state index is 11.4. The standard InChI is InChI=1S/C25H30N2O4/c1-7-23(28)26-17(3)30-21-13-9-19(10-14-21)25(5,6)20-11-15-22(16-12-20)31-18(4)27-24(29)8-2/h7-18H,1-2H2,3-6H3,(H,26,28)(H,27,29). The molecular formula is C25H30N2O4. The number of amides is 2. The first kappa shape index (κ1) is 23.7. The Morgan fingerprint density at radius 1 is 0.774 bits per heavy atom. The van der Waals surface area contributed by atoms with Crippen molar-refractivity contribution in [2.45, 2.75) is 45.6 Å². The van der Waals surface area contributed by atoms with Gasteiger partial charge in [-0.1, -0.05) is 51.3 Å². The lowest BCUT2D eigenvalue weighted by Gasteiger charge is -2.27. The number of carbonyl (C=O) groups excluding carboxylic acids is 2. The molecule has 0 aliphatic rings. The second kappa shape index (κ2) is 10.5. The van der Waals surface area contributed by atoms with E-state index in [4.69, 9.17) is 9.47 Å². The van der Waals surface area contributed by atoms with Crippen molar-refractivity contribution in [3.63, 3.8) is 0 Å². The van der Waals surface area contributed by atoms with Crippen LogP contribution in [0.3, 0.4) is 0 Å². The summed E-state index contributed by atoms with van der Waals surface area (Å²) in [6.07, 6.45) is 1.49. The van der Waals surface area contributed by atoms with Gasteiger partial charge in [-0.05, 0) is 61.4 Å². The number of nitrogens with one attached hydrogen (secondary N) is 2. The van der Waals surface area contributed by atoms with Crippen molar-refractivity contribution in [1.82, 2.24) is 10.6 Å². The highest BCUT2D eigenvalue weighted by atomic mass is 16.5. The zero-order chi connectivity index (χ0) is 23.0. The Balaban J connectivity index is 2.05. The number of benzene rings is 2. The van der Waals surface area contributed by atoms with Crippen molar-refractivity contribution in [2.24, 2.45) is 0 Å². The minimum atomic E-state index is -0.462. The first-order chi connectivity index (χ1) is 14.6. The smallest absolute Gasteiger partial charge is 0.246 e. The van der Waals surface area contributed by atoms with E-state index in [0.29, 0.717) is 11.5 Å². The van der Waals surface area contributed by atoms with E-state index < -0.39 is 12.5 Å². The molecule has 6 nitrogen and oxygen atoms in total. The van der Waals surface area contributed by atoms with Gasteiger partial charge in [-0.25, -0.2) is 0 Å². The molecule has 0 radical (unpaired) electrons. The van der Waals surface area contributed by atoms with Crippen molar-refractivity contribution in [3.05, 3.63) is 85.0 Å². The minimum absolute atomic E-state index is 0.248. The molecule has 0 aliphatic carbocycles. The Morgan fingerprint density at radius 2 is 1.10 bits per heavy atom. The number of hydrogen-bond acceptors (Lipinski definition) is 4. The molecule has 6 heteroatoms. The third-order valence-electron chi connectivity index (χ3n) is 4.84. The van der Waals surface area contributed by atoms with Crippen LogP contribution in [0.25, 0.3) is 0 Å². The third-order valence-corrected chi connectivity index (χ3v) is 4.84. The summed E-state index contributed by atoms with van der Waals surface area (Å²) in [6, 6.07) is 15.6. The topological polar surface area (TPSA) is 76.7 Å². The monoisotopic (exact) mass is 422 g/mol. The van der Waals surface area contributed by atoms with E-state index in [1.165, 1.54) is 12.2 Å². The van der Waals surface area contributed by atoms with Crippen LogP contribution in [0, 0.1) is 0 Å². The summed E-state index contributed by atoms with van der Waals surface area (Å²) in [4.78, 5) is 22.7. The Bertz CT molecular complexity index is 842. The van der Waals surface area contributed by atoms with Crippen LogP contribution in [0.15, 0.2) is 73.8 Å². The first-order valence-corrected chi connectivity index (χ1v) is 10.1.